The summed E-state index contributed by atoms with van der Waals surface area (Å²) >= 11 is 0. The van der Waals surface area contributed by atoms with Crippen LogP contribution in [0.15, 0.2) is 97.1 Å². The Morgan fingerprint density at radius 3 is 2.28 bits per heavy atom. The second-order valence-electron chi connectivity index (χ2n) is 11.9. The first-order valence-electron chi connectivity index (χ1n) is 15.7. The molecule has 0 unspecified atom stereocenters. The van der Waals surface area contributed by atoms with Crippen molar-refractivity contribution in [2.24, 2.45) is 5.92 Å². The monoisotopic (exact) mass is 638 g/mol. The first-order valence-corrected chi connectivity index (χ1v) is 15.7. The van der Waals surface area contributed by atoms with Crippen LogP contribution in [0.25, 0.3) is 0 Å². The minimum absolute atomic E-state index is 0.0294. The number of anilines is 2. The third-order valence-corrected chi connectivity index (χ3v) is 8.12. The smallest absolute Gasteiger partial charge is 0.323 e. The maximum absolute atomic E-state index is 13.8. The van der Waals surface area contributed by atoms with Crippen LogP contribution in [0.4, 0.5) is 16.2 Å². The van der Waals surface area contributed by atoms with Gasteiger partial charge in [-0.1, -0.05) is 37.3 Å². The lowest BCUT2D eigenvalue weighted by Crippen LogP contribution is -2.49. The predicted octanol–water partition coefficient (Wildman–Crippen LogP) is 6.48. The number of carbonyl (C=O) groups excluding carboxylic acids is 2. The molecule has 3 amide bonds. The number of methoxy groups -OCH3 is 1. The molecular weight excluding hydrogens is 596 g/mol. The number of aliphatic hydroxyl groups is 1. The van der Waals surface area contributed by atoms with Crippen molar-refractivity contribution in [1.29, 1.82) is 0 Å². The van der Waals surface area contributed by atoms with Crippen molar-refractivity contribution in [1.82, 2.24) is 9.80 Å². The Morgan fingerprint density at radius 1 is 0.957 bits per heavy atom. The van der Waals surface area contributed by atoms with E-state index in [9.17, 15) is 14.7 Å². The van der Waals surface area contributed by atoms with E-state index in [2.05, 4.69) is 34.6 Å². The topological polar surface area (TPSA) is 113 Å². The maximum atomic E-state index is 13.8. The number of benzene rings is 4. The Bertz CT molecular complexity index is 1630. The molecule has 0 bridgehead atoms. The molecular formula is C37H42N4O6. The van der Waals surface area contributed by atoms with Crippen molar-refractivity contribution in [2.75, 3.05) is 44.5 Å². The van der Waals surface area contributed by atoms with E-state index in [-0.39, 0.29) is 24.5 Å². The summed E-state index contributed by atoms with van der Waals surface area (Å²) in [5.74, 6) is 2.37. The summed E-state index contributed by atoms with van der Waals surface area (Å²) in [5, 5.41) is 15.6. The van der Waals surface area contributed by atoms with Gasteiger partial charge in [0.15, 0.2) is 0 Å². The molecule has 3 N–H and O–H groups in total. The maximum Gasteiger partial charge on any atom is 0.323 e. The number of amides is 3. The highest BCUT2D eigenvalue weighted by atomic mass is 16.5. The van der Waals surface area contributed by atoms with Crippen molar-refractivity contribution >= 4 is 23.3 Å². The van der Waals surface area contributed by atoms with E-state index >= 15 is 0 Å². The number of nitrogens with one attached hydrogen (secondary N) is 2. The first-order chi connectivity index (χ1) is 22.7. The lowest BCUT2D eigenvalue weighted by atomic mass is 9.99. The van der Waals surface area contributed by atoms with Crippen LogP contribution in [0.2, 0.25) is 0 Å². The number of hydrogen-bond donors (Lipinski definition) is 3. The number of likely N-dealkylation sites (N-methyl/N-ethyl adjacent to an activating group) is 1. The molecule has 1 heterocycles. The molecule has 246 valence electrons. The third kappa shape index (κ3) is 8.81. The SMILES string of the molecule is COc1ccc(NC(=O)Nc2ccc3c(c2)C(=O)N([C@H](C)CO)C[C@@H](C)[C@@H](CN(C)Cc2ccc(Oc4ccccc4)cc2)O3)cc1. The van der Waals surface area contributed by atoms with Gasteiger partial charge in [0, 0.05) is 36.9 Å². The van der Waals surface area contributed by atoms with Gasteiger partial charge in [-0.15, -0.1) is 0 Å². The number of hydrogen-bond acceptors (Lipinski definition) is 7. The number of fused-ring (bicyclic) bond motifs is 1. The van der Waals surface area contributed by atoms with Crippen LogP contribution in [-0.4, -0.2) is 72.8 Å². The number of rotatable bonds is 11. The van der Waals surface area contributed by atoms with Crippen LogP contribution < -0.4 is 24.8 Å². The summed E-state index contributed by atoms with van der Waals surface area (Å²) in [4.78, 5) is 30.5. The summed E-state index contributed by atoms with van der Waals surface area (Å²) in [6.45, 7) is 5.40. The second-order valence-corrected chi connectivity index (χ2v) is 11.9. The number of carbonyl (C=O) groups is 2. The summed E-state index contributed by atoms with van der Waals surface area (Å²) < 4.78 is 17.6. The lowest BCUT2D eigenvalue weighted by molar-refractivity contribution is 0.0341. The molecule has 4 aromatic carbocycles. The largest absolute Gasteiger partial charge is 0.497 e. The Kier molecular flexibility index (Phi) is 11.0. The summed E-state index contributed by atoms with van der Waals surface area (Å²) in [7, 11) is 3.62. The zero-order chi connectivity index (χ0) is 33.3. The van der Waals surface area contributed by atoms with Crippen molar-refractivity contribution in [3.63, 3.8) is 0 Å². The Hall–Kier alpha value is -5.06. The third-order valence-electron chi connectivity index (χ3n) is 8.12. The van der Waals surface area contributed by atoms with Gasteiger partial charge in [-0.3, -0.25) is 9.69 Å². The van der Waals surface area contributed by atoms with Gasteiger partial charge in [-0.05, 0) is 86.3 Å². The quantitative estimate of drug-likeness (QED) is 0.172. The van der Waals surface area contributed by atoms with E-state index < -0.39 is 12.1 Å². The van der Waals surface area contributed by atoms with Gasteiger partial charge in [0.25, 0.3) is 5.91 Å². The molecule has 47 heavy (non-hydrogen) atoms. The highest BCUT2D eigenvalue weighted by molar-refractivity contribution is 6.02. The molecule has 1 aliphatic rings. The van der Waals surface area contributed by atoms with E-state index in [1.165, 1.54) is 0 Å². The van der Waals surface area contributed by atoms with Crippen molar-refractivity contribution < 1.29 is 28.9 Å². The summed E-state index contributed by atoms with van der Waals surface area (Å²) in [5.41, 5.74) is 2.47. The van der Waals surface area contributed by atoms with Gasteiger partial charge >= 0.3 is 6.03 Å². The molecule has 1 aliphatic heterocycles. The lowest BCUT2D eigenvalue weighted by Gasteiger charge is -2.38. The fraction of sp³-hybridized carbons (Fsp3) is 0.297. The van der Waals surface area contributed by atoms with Gasteiger partial charge in [0.05, 0.1) is 25.3 Å². The zero-order valence-electron chi connectivity index (χ0n) is 27.2. The van der Waals surface area contributed by atoms with Crippen LogP contribution in [0.5, 0.6) is 23.0 Å². The molecule has 0 saturated carbocycles. The second kappa shape index (κ2) is 15.5. The molecule has 0 aliphatic carbocycles. The number of para-hydroxylation sites is 1. The molecule has 0 spiro atoms. The van der Waals surface area contributed by atoms with E-state index in [1.807, 2.05) is 56.4 Å². The van der Waals surface area contributed by atoms with Gasteiger partial charge in [0.1, 0.15) is 29.1 Å². The highest BCUT2D eigenvalue weighted by Gasteiger charge is 2.33. The van der Waals surface area contributed by atoms with Crippen LogP contribution in [0.3, 0.4) is 0 Å². The molecule has 10 nitrogen and oxygen atoms in total. The Labute approximate surface area is 275 Å². The molecule has 0 radical (unpaired) electrons. The minimum atomic E-state index is -0.456. The van der Waals surface area contributed by atoms with E-state index in [0.717, 1.165) is 17.1 Å². The fourth-order valence-corrected chi connectivity index (χ4v) is 5.46. The van der Waals surface area contributed by atoms with Gasteiger partial charge in [-0.2, -0.15) is 0 Å². The molecule has 10 heteroatoms. The summed E-state index contributed by atoms with van der Waals surface area (Å²) in [6.07, 6.45) is -0.252. The number of urea groups is 1. The Balaban J connectivity index is 1.29. The van der Waals surface area contributed by atoms with E-state index in [0.29, 0.717) is 48.1 Å². The van der Waals surface area contributed by atoms with Crippen molar-refractivity contribution in [2.45, 2.75) is 32.5 Å². The van der Waals surface area contributed by atoms with Crippen LogP contribution in [0.1, 0.15) is 29.8 Å². The van der Waals surface area contributed by atoms with E-state index in [4.69, 9.17) is 14.2 Å². The Morgan fingerprint density at radius 2 is 1.60 bits per heavy atom. The number of nitrogens with zero attached hydrogens (tertiary/aromatic N) is 2. The molecule has 0 saturated heterocycles. The van der Waals surface area contributed by atoms with E-state index in [1.54, 1.807) is 54.5 Å². The molecule has 3 atom stereocenters. The number of aliphatic hydroxyl groups excluding tert-OH is 1. The van der Waals surface area contributed by atoms with Crippen LogP contribution in [-0.2, 0) is 6.54 Å². The predicted molar refractivity (Wildman–Crippen MR) is 183 cm³/mol. The molecule has 5 rings (SSSR count). The minimum Gasteiger partial charge on any atom is -0.497 e. The molecule has 4 aromatic rings. The standard InChI is InChI=1S/C37H42N4O6/c1-25-21-41(26(2)24-42)36(43)33-20-29(39-37(44)38-28-12-17-30(45-4)18-13-28)14-19-34(33)47-35(25)23-40(3)22-27-10-15-32(16-11-27)46-31-8-6-5-7-9-31/h5-20,25-26,35,42H,21-24H2,1-4H3,(H2,38,39,44)/t25-,26-,35-/m1/s1. The average molecular weight is 639 g/mol. The van der Waals surface area contributed by atoms with Gasteiger partial charge < -0.3 is 34.9 Å². The zero-order valence-corrected chi connectivity index (χ0v) is 27.2. The van der Waals surface area contributed by atoms with Gasteiger partial charge in [0.2, 0.25) is 0 Å². The molecule has 0 fully saturated rings. The highest BCUT2D eigenvalue weighted by Crippen LogP contribution is 2.31. The first kappa shape index (κ1) is 33.3. The van der Waals surface area contributed by atoms with Crippen LogP contribution in [0, 0.1) is 5.92 Å². The fourth-order valence-electron chi connectivity index (χ4n) is 5.46. The van der Waals surface area contributed by atoms with Crippen LogP contribution >= 0.6 is 0 Å². The molecule has 0 aromatic heterocycles. The van der Waals surface area contributed by atoms with Gasteiger partial charge in [-0.25, -0.2) is 4.79 Å². The number of ether oxygens (including phenoxy) is 3. The van der Waals surface area contributed by atoms with Crippen molar-refractivity contribution in [3.8, 4) is 23.0 Å². The normalized spacial score (nSPS) is 16.7. The van der Waals surface area contributed by atoms with Crippen molar-refractivity contribution in [3.05, 3.63) is 108 Å². The summed E-state index contributed by atoms with van der Waals surface area (Å²) in [6, 6.07) is 28.9. The average Bonchev–Trinajstić information content (AvgIpc) is 3.08.